The monoisotopic (exact) mass is 483 g/mol. The molecule has 3 rings (SSSR count). The Hall–Kier alpha value is -4.12. The van der Waals surface area contributed by atoms with Crippen molar-refractivity contribution in [3.63, 3.8) is 0 Å². The number of hydrogen-bond acceptors (Lipinski definition) is 7. The van der Waals surface area contributed by atoms with E-state index in [1.54, 1.807) is 60.7 Å². The van der Waals surface area contributed by atoms with Crippen molar-refractivity contribution in [2.75, 3.05) is 13.7 Å². The standard InChI is InChI=1S/C23H21N3O7S/c1-33-23(24-34(31,32)20-14-12-19(13-15-20)26(29)30)22(18-10-6-3-7-11-18)21(16-25(27)28)17-8-4-2-5-9-17/h2-15,21-22H,16H2,1H3/b24-23-/t21-,22+/m0/s1. The summed E-state index contributed by atoms with van der Waals surface area (Å²) in [4.78, 5) is 21.1. The summed E-state index contributed by atoms with van der Waals surface area (Å²) < 4.78 is 35.3. The van der Waals surface area contributed by atoms with Crippen LogP contribution in [-0.2, 0) is 14.8 Å². The fourth-order valence-corrected chi connectivity index (χ4v) is 4.61. The zero-order valence-electron chi connectivity index (χ0n) is 18.1. The van der Waals surface area contributed by atoms with Crippen molar-refractivity contribution >= 4 is 21.6 Å². The minimum atomic E-state index is -4.34. The molecule has 3 aromatic rings. The number of sulfonamides is 1. The van der Waals surface area contributed by atoms with Crippen LogP contribution in [0, 0.1) is 20.2 Å². The summed E-state index contributed by atoms with van der Waals surface area (Å²) in [6.45, 7) is -0.496. The van der Waals surface area contributed by atoms with E-state index >= 15 is 0 Å². The Morgan fingerprint density at radius 2 is 1.41 bits per heavy atom. The van der Waals surface area contributed by atoms with E-state index < -0.39 is 38.3 Å². The Labute approximate surface area is 195 Å². The second-order valence-electron chi connectivity index (χ2n) is 7.28. The van der Waals surface area contributed by atoms with E-state index in [0.717, 1.165) is 24.3 Å². The molecule has 0 aromatic heterocycles. The Kier molecular flexibility index (Phi) is 7.69. The summed E-state index contributed by atoms with van der Waals surface area (Å²) in [6.07, 6.45) is 0. The summed E-state index contributed by atoms with van der Waals surface area (Å²) >= 11 is 0. The maximum absolute atomic E-state index is 13.0. The minimum Gasteiger partial charge on any atom is -0.483 e. The molecule has 0 saturated carbocycles. The highest BCUT2D eigenvalue weighted by atomic mass is 32.2. The summed E-state index contributed by atoms with van der Waals surface area (Å²) in [7, 11) is -3.10. The topological polar surface area (TPSA) is 142 Å². The van der Waals surface area contributed by atoms with Crippen molar-refractivity contribution < 1.29 is 23.0 Å². The number of hydrogen-bond donors (Lipinski definition) is 0. The highest BCUT2D eigenvalue weighted by molar-refractivity contribution is 7.90. The van der Waals surface area contributed by atoms with Crippen LogP contribution in [0.4, 0.5) is 5.69 Å². The predicted octanol–water partition coefficient (Wildman–Crippen LogP) is 4.17. The van der Waals surface area contributed by atoms with E-state index in [-0.39, 0.29) is 16.5 Å². The average Bonchev–Trinajstić information content (AvgIpc) is 2.84. The van der Waals surface area contributed by atoms with E-state index in [4.69, 9.17) is 4.74 Å². The van der Waals surface area contributed by atoms with Gasteiger partial charge in [0.25, 0.3) is 15.7 Å². The van der Waals surface area contributed by atoms with Crippen LogP contribution in [0.3, 0.4) is 0 Å². The van der Waals surface area contributed by atoms with Crippen molar-refractivity contribution in [3.05, 3.63) is 116 Å². The molecule has 0 amide bonds. The van der Waals surface area contributed by atoms with E-state index in [1.165, 1.54) is 7.11 Å². The second-order valence-corrected chi connectivity index (χ2v) is 8.88. The van der Waals surface area contributed by atoms with Crippen LogP contribution in [0.25, 0.3) is 0 Å². The molecule has 0 aliphatic heterocycles. The molecule has 0 aliphatic rings. The van der Waals surface area contributed by atoms with Crippen molar-refractivity contribution in [2.24, 2.45) is 4.40 Å². The van der Waals surface area contributed by atoms with Crippen molar-refractivity contribution in [1.82, 2.24) is 0 Å². The maximum atomic E-state index is 13.0. The van der Waals surface area contributed by atoms with Gasteiger partial charge in [-0.2, -0.15) is 8.42 Å². The molecule has 0 saturated heterocycles. The Bertz CT molecular complexity index is 1280. The lowest BCUT2D eigenvalue weighted by Crippen LogP contribution is -2.28. The van der Waals surface area contributed by atoms with Gasteiger partial charge >= 0.3 is 0 Å². The predicted molar refractivity (Wildman–Crippen MR) is 125 cm³/mol. The molecule has 3 aromatic carbocycles. The third kappa shape index (κ3) is 5.81. The number of non-ortho nitro benzene ring substituents is 1. The normalized spacial score (nSPS) is 13.6. The summed E-state index contributed by atoms with van der Waals surface area (Å²) in [5.41, 5.74) is 0.926. The molecular weight excluding hydrogens is 462 g/mol. The zero-order chi connectivity index (χ0) is 24.7. The van der Waals surface area contributed by atoms with Gasteiger partial charge in [0.05, 0.1) is 28.8 Å². The number of nitro groups is 2. The van der Waals surface area contributed by atoms with E-state index in [2.05, 4.69) is 4.40 Å². The molecule has 10 nitrogen and oxygen atoms in total. The van der Waals surface area contributed by atoms with Gasteiger partial charge in [0.2, 0.25) is 12.4 Å². The number of nitrogens with zero attached hydrogens (tertiary/aromatic N) is 3. The highest BCUT2D eigenvalue weighted by Crippen LogP contribution is 2.36. The van der Waals surface area contributed by atoms with Gasteiger partial charge in [-0.25, -0.2) is 0 Å². The van der Waals surface area contributed by atoms with Crippen LogP contribution in [0.5, 0.6) is 0 Å². The molecule has 0 unspecified atom stereocenters. The fourth-order valence-electron chi connectivity index (χ4n) is 3.60. The van der Waals surface area contributed by atoms with Crippen LogP contribution in [-0.4, -0.2) is 37.8 Å². The highest BCUT2D eigenvalue weighted by Gasteiger charge is 2.35. The van der Waals surface area contributed by atoms with Gasteiger partial charge in [-0.1, -0.05) is 60.7 Å². The van der Waals surface area contributed by atoms with Crippen LogP contribution < -0.4 is 0 Å². The first kappa shape index (κ1) is 24.5. The number of rotatable bonds is 9. The average molecular weight is 484 g/mol. The SMILES string of the molecule is CO/C(=N\S(=O)(=O)c1ccc([N+](=O)[O-])cc1)[C@H](c1ccccc1)[C@@H](C[N+](=O)[O-])c1ccccc1. The van der Waals surface area contributed by atoms with Crippen molar-refractivity contribution in [3.8, 4) is 0 Å². The fraction of sp³-hybridized carbons (Fsp3) is 0.174. The molecule has 0 fully saturated rings. The summed E-state index contributed by atoms with van der Waals surface area (Å²) in [5, 5.41) is 22.5. The Balaban J connectivity index is 2.15. The second kappa shape index (κ2) is 10.7. The maximum Gasteiger partial charge on any atom is 0.285 e. The molecule has 0 aliphatic carbocycles. The van der Waals surface area contributed by atoms with Gasteiger partial charge in [-0.3, -0.25) is 20.2 Å². The molecule has 34 heavy (non-hydrogen) atoms. The number of benzene rings is 3. The number of methoxy groups -OCH3 is 1. The molecular formula is C23H21N3O7S. The number of ether oxygens (including phenoxy) is 1. The smallest absolute Gasteiger partial charge is 0.285 e. The minimum absolute atomic E-state index is 0.236. The molecule has 0 heterocycles. The molecule has 176 valence electrons. The van der Waals surface area contributed by atoms with Crippen LogP contribution in [0.2, 0.25) is 0 Å². The quantitative estimate of drug-likeness (QED) is 0.192. The summed E-state index contributed by atoms with van der Waals surface area (Å²) in [5.74, 6) is -1.92. The van der Waals surface area contributed by atoms with E-state index in [9.17, 15) is 28.6 Å². The van der Waals surface area contributed by atoms with Crippen LogP contribution in [0.1, 0.15) is 23.0 Å². The van der Waals surface area contributed by atoms with Crippen molar-refractivity contribution in [1.29, 1.82) is 0 Å². The lowest BCUT2D eigenvalue weighted by Gasteiger charge is -2.25. The van der Waals surface area contributed by atoms with Crippen molar-refractivity contribution in [2.45, 2.75) is 16.7 Å². The first-order valence-corrected chi connectivity index (χ1v) is 11.5. The van der Waals surface area contributed by atoms with Gasteiger partial charge in [-0.05, 0) is 23.3 Å². The first-order chi connectivity index (χ1) is 16.2. The zero-order valence-corrected chi connectivity index (χ0v) is 18.9. The van der Waals surface area contributed by atoms with Crippen LogP contribution in [0.15, 0.2) is 94.2 Å². The largest absolute Gasteiger partial charge is 0.483 e. The molecule has 0 radical (unpaired) electrons. The van der Waals surface area contributed by atoms with Crippen LogP contribution >= 0.6 is 0 Å². The summed E-state index contributed by atoms with van der Waals surface area (Å²) in [6, 6.07) is 21.6. The first-order valence-electron chi connectivity index (χ1n) is 10.1. The lowest BCUT2D eigenvalue weighted by molar-refractivity contribution is -0.483. The molecule has 0 N–H and O–H groups in total. The Morgan fingerprint density at radius 3 is 1.88 bits per heavy atom. The van der Waals surface area contributed by atoms with Gasteiger partial charge < -0.3 is 4.74 Å². The molecule has 2 atom stereocenters. The third-order valence-corrected chi connectivity index (χ3v) is 6.45. The number of nitro benzene ring substituents is 1. The lowest BCUT2D eigenvalue weighted by atomic mass is 9.81. The molecule has 0 bridgehead atoms. The van der Waals surface area contributed by atoms with E-state index in [0.29, 0.717) is 11.1 Å². The van der Waals surface area contributed by atoms with Gasteiger partial charge in [0, 0.05) is 17.1 Å². The molecule has 0 spiro atoms. The van der Waals surface area contributed by atoms with E-state index in [1.807, 2.05) is 0 Å². The van der Waals surface area contributed by atoms with Gasteiger partial charge in [0.15, 0.2) is 0 Å². The third-order valence-electron chi connectivity index (χ3n) is 5.17. The van der Waals surface area contributed by atoms with Gasteiger partial charge in [-0.15, -0.1) is 4.40 Å². The Morgan fingerprint density at radius 1 is 0.882 bits per heavy atom. The van der Waals surface area contributed by atoms with Gasteiger partial charge in [0.1, 0.15) is 0 Å². The molecule has 11 heteroatoms.